The van der Waals surface area contributed by atoms with Crippen LogP contribution in [0.3, 0.4) is 0 Å². The molecule has 2 N–H and O–H groups in total. The zero-order chi connectivity index (χ0) is 23.6. The third kappa shape index (κ3) is 5.04. The van der Waals surface area contributed by atoms with Crippen molar-refractivity contribution in [3.05, 3.63) is 82.8 Å². The maximum atomic E-state index is 12.5. The number of furan rings is 1. The summed E-state index contributed by atoms with van der Waals surface area (Å²) < 4.78 is 34.5. The maximum absolute atomic E-state index is 12.5. The first-order valence-corrected chi connectivity index (χ1v) is 11.6. The number of anilines is 2. The van der Waals surface area contributed by atoms with Crippen molar-refractivity contribution in [2.75, 3.05) is 10.0 Å². The second-order valence-electron chi connectivity index (χ2n) is 7.06. The molecule has 4 aromatic rings. The molecule has 170 valence electrons. The van der Waals surface area contributed by atoms with Gasteiger partial charge in [-0.3, -0.25) is 9.48 Å². The van der Waals surface area contributed by atoms with Gasteiger partial charge < -0.3 is 9.73 Å². The van der Waals surface area contributed by atoms with Crippen molar-refractivity contribution < 1.29 is 17.6 Å². The zero-order valence-corrected chi connectivity index (χ0v) is 19.2. The molecule has 0 aliphatic heterocycles. The molecule has 4 rings (SSSR count). The fourth-order valence-corrected chi connectivity index (χ4v) is 4.10. The van der Waals surface area contributed by atoms with E-state index in [2.05, 4.69) is 25.1 Å². The Hall–Kier alpha value is -3.70. The molecule has 1 amide bonds. The standard InChI is InChI=1S/C21H19ClN6O4S/c1-13-19(22)14(2)28(26-13)12-16-6-9-18(32-16)20(29)25-15-4-7-17(8-5-15)33(30,31)27-21-23-10-3-11-24-21/h3-11H,12H2,1-2H3,(H,25,29)(H,23,24,27). The lowest BCUT2D eigenvalue weighted by molar-refractivity contribution is 0.0994. The normalized spacial score (nSPS) is 11.4. The van der Waals surface area contributed by atoms with E-state index in [1.54, 1.807) is 22.9 Å². The van der Waals surface area contributed by atoms with Crippen molar-refractivity contribution in [2.45, 2.75) is 25.3 Å². The lowest BCUT2D eigenvalue weighted by Gasteiger charge is -2.08. The number of hydrogen-bond acceptors (Lipinski definition) is 7. The Labute approximate surface area is 194 Å². The Morgan fingerprint density at radius 1 is 1.09 bits per heavy atom. The van der Waals surface area contributed by atoms with Crippen LogP contribution in [0.1, 0.15) is 27.7 Å². The van der Waals surface area contributed by atoms with Crippen molar-refractivity contribution in [1.29, 1.82) is 0 Å². The molecule has 3 heterocycles. The van der Waals surface area contributed by atoms with Crippen LogP contribution in [0, 0.1) is 13.8 Å². The second kappa shape index (κ2) is 9.04. The minimum atomic E-state index is -3.87. The summed E-state index contributed by atoms with van der Waals surface area (Å²) in [7, 11) is -3.87. The number of sulfonamides is 1. The highest BCUT2D eigenvalue weighted by atomic mass is 35.5. The molecule has 0 radical (unpaired) electrons. The number of hydrogen-bond donors (Lipinski definition) is 2. The van der Waals surface area contributed by atoms with E-state index in [-0.39, 0.29) is 16.6 Å². The molecule has 3 aromatic heterocycles. The number of nitrogens with one attached hydrogen (secondary N) is 2. The lowest BCUT2D eigenvalue weighted by atomic mass is 10.3. The topological polar surface area (TPSA) is 132 Å². The Morgan fingerprint density at radius 2 is 1.79 bits per heavy atom. The van der Waals surface area contributed by atoms with E-state index < -0.39 is 15.9 Å². The van der Waals surface area contributed by atoms with Crippen molar-refractivity contribution in [1.82, 2.24) is 19.7 Å². The van der Waals surface area contributed by atoms with Crippen LogP contribution >= 0.6 is 11.6 Å². The summed E-state index contributed by atoms with van der Waals surface area (Å²) in [5.74, 6) is 0.139. The number of aromatic nitrogens is 4. The Kier molecular flexibility index (Phi) is 6.16. The van der Waals surface area contributed by atoms with Gasteiger partial charge in [-0.15, -0.1) is 0 Å². The Bertz CT molecular complexity index is 1400. The number of benzene rings is 1. The van der Waals surface area contributed by atoms with Gasteiger partial charge in [0.15, 0.2) is 5.76 Å². The number of aryl methyl sites for hydroxylation is 1. The van der Waals surface area contributed by atoms with E-state index in [1.807, 2.05) is 13.8 Å². The van der Waals surface area contributed by atoms with Gasteiger partial charge in [0.05, 0.1) is 27.9 Å². The molecule has 0 saturated carbocycles. The van der Waals surface area contributed by atoms with Crippen LogP contribution < -0.4 is 10.0 Å². The Morgan fingerprint density at radius 3 is 2.42 bits per heavy atom. The van der Waals surface area contributed by atoms with Gasteiger partial charge in [0.2, 0.25) is 5.95 Å². The lowest BCUT2D eigenvalue weighted by Crippen LogP contribution is -2.15. The molecule has 1 aromatic carbocycles. The first kappa shape index (κ1) is 22.5. The molecule has 10 nitrogen and oxygen atoms in total. The predicted octanol–water partition coefficient (Wildman–Crippen LogP) is 3.64. The number of nitrogens with zero attached hydrogens (tertiary/aromatic N) is 4. The highest BCUT2D eigenvalue weighted by Crippen LogP contribution is 2.21. The molecule has 0 aliphatic rings. The maximum Gasteiger partial charge on any atom is 0.291 e. The van der Waals surface area contributed by atoms with Crippen molar-refractivity contribution in [3.8, 4) is 0 Å². The fourth-order valence-electron chi connectivity index (χ4n) is 3.00. The van der Waals surface area contributed by atoms with E-state index in [0.29, 0.717) is 23.0 Å². The summed E-state index contributed by atoms with van der Waals surface area (Å²) in [6, 6.07) is 10.5. The molecule has 12 heteroatoms. The van der Waals surface area contributed by atoms with Crippen LogP contribution in [0.15, 0.2) is 64.2 Å². The van der Waals surface area contributed by atoms with Gasteiger partial charge >= 0.3 is 0 Å². The average molecular weight is 487 g/mol. The summed E-state index contributed by atoms with van der Waals surface area (Å²) in [6.45, 7) is 4.00. The largest absolute Gasteiger partial charge is 0.454 e. The number of carbonyl (C=O) groups excluding carboxylic acids is 1. The van der Waals surface area contributed by atoms with Crippen molar-refractivity contribution in [2.24, 2.45) is 0 Å². The monoisotopic (exact) mass is 486 g/mol. The van der Waals surface area contributed by atoms with Gasteiger partial charge in [0.1, 0.15) is 5.76 Å². The number of rotatable bonds is 7. The van der Waals surface area contributed by atoms with E-state index in [1.165, 1.54) is 36.7 Å². The van der Waals surface area contributed by atoms with E-state index in [9.17, 15) is 13.2 Å². The van der Waals surface area contributed by atoms with Crippen LogP contribution in [0.2, 0.25) is 5.02 Å². The van der Waals surface area contributed by atoms with Crippen LogP contribution in [-0.4, -0.2) is 34.1 Å². The Balaban J connectivity index is 1.41. The van der Waals surface area contributed by atoms with Gasteiger partial charge in [-0.2, -0.15) is 5.10 Å². The number of halogens is 1. The predicted molar refractivity (Wildman–Crippen MR) is 122 cm³/mol. The zero-order valence-electron chi connectivity index (χ0n) is 17.6. The molecule has 0 atom stereocenters. The second-order valence-corrected chi connectivity index (χ2v) is 9.13. The molecule has 0 bridgehead atoms. The molecular weight excluding hydrogens is 468 g/mol. The molecule has 33 heavy (non-hydrogen) atoms. The molecule has 0 fully saturated rings. The molecule has 0 aliphatic carbocycles. The first-order chi connectivity index (χ1) is 15.7. The highest BCUT2D eigenvalue weighted by molar-refractivity contribution is 7.92. The quantitative estimate of drug-likeness (QED) is 0.407. The number of carbonyl (C=O) groups is 1. The highest BCUT2D eigenvalue weighted by Gasteiger charge is 2.17. The van der Waals surface area contributed by atoms with E-state index >= 15 is 0 Å². The molecule has 0 unspecified atom stereocenters. The minimum Gasteiger partial charge on any atom is -0.454 e. The summed E-state index contributed by atoms with van der Waals surface area (Å²) in [5, 5.41) is 7.61. The summed E-state index contributed by atoms with van der Waals surface area (Å²) in [6.07, 6.45) is 2.85. The van der Waals surface area contributed by atoms with Crippen LogP contribution in [0.25, 0.3) is 0 Å². The third-order valence-corrected chi connectivity index (χ3v) is 6.59. The summed E-state index contributed by atoms with van der Waals surface area (Å²) in [5.41, 5.74) is 1.92. The van der Waals surface area contributed by atoms with Gasteiger partial charge in [-0.05, 0) is 56.3 Å². The summed E-state index contributed by atoms with van der Waals surface area (Å²) in [4.78, 5) is 20.2. The van der Waals surface area contributed by atoms with Gasteiger partial charge in [-0.1, -0.05) is 11.6 Å². The van der Waals surface area contributed by atoms with Crippen LogP contribution in [0.4, 0.5) is 11.6 Å². The fraction of sp³-hybridized carbons (Fsp3) is 0.143. The average Bonchev–Trinajstić information content (AvgIpc) is 3.35. The van der Waals surface area contributed by atoms with E-state index in [0.717, 1.165) is 11.4 Å². The molecule has 0 spiro atoms. The van der Waals surface area contributed by atoms with E-state index in [4.69, 9.17) is 16.0 Å². The minimum absolute atomic E-state index is 0.00298. The third-order valence-electron chi connectivity index (χ3n) is 4.70. The molecular formula is C21H19ClN6O4S. The summed E-state index contributed by atoms with van der Waals surface area (Å²) >= 11 is 6.16. The molecule has 0 saturated heterocycles. The number of amides is 1. The smallest absolute Gasteiger partial charge is 0.291 e. The SMILES string of the molecule is Cc1nn(Cc2ccc(C(=O)Nc3ccc(S(=O)(=O)Nc4ncccn4)cc3)o2)c(C)c1Cl. The van der Waals surface area contributed by atoms with Gasteiger partial charge in [-0.25, -0.2) is 23.1 Å². The van der Waals surface area contributed by atoms with Crippen LogP contribution in [-0.2, 0) is 16.6 Å². The van der Waals surface area contributed by atoms with Crippen LogP contribution in [0.5, 0.6) is 0 Å². The van der Waals surface area contributed by atoms with Gasteiger partial charge in [0.25, 0.3) is 15.9 Å². The van der Waals surface area contributed by atoms with Gasteiger partial charge in [0, 0.05) is 18.1 Å². The van der Waals surface area contributed by atoms with Crippen molar-refractivity contribution in [3.63, 3.8) is 0 Å². The van der Waals surface area contributed by atoms with Crippen molar-refractivity contribution >= 4 is 39.2 Å². The first-order valence-electron chi connectivity index (χ1n) is 9.72.